The highest BCUT2D eigenvalue weighted by molar-refractivity contribution is 5.76. The fraction of sp³-hybridized carbons (Fsp3) is 0.794. The lowest BCUT2D eigenvalue weighted by molar-refractivity contribution is -0.123. The second-order valence-corrected chi connectivity index (χ2v) is 10.9. The molecule has 2 atom stereocenters. The molecule has 4 heteroatoms. The Morgan fingerprint density at radius 3 is 1.63 bits per heavy atom. The highest BCUT2D eigenvalue weighted by atomic mass is 16.3. The molecule has 0 radical (unpaired) electrons. The van der Waals surface area contributed by atoms with Gasteiger partial charge >= 0.3 is 0 Å². The van der Waals surface area contributed by atoms with Crippen LogP contribution >= 0.6 is 0 Å². The molecule has 3 N–H and O–H groups in total. The number of aliphatic hydroxyl groups is 2. The van der Waals surface area contributed by atoms with E-state index in [2.05, 4.69) is 43.5 Å². The molecule has 0 saturated heterocycles. The maximum absolute atomic E-state index is 12.2. The summed E-state index contributed by atoms with van der Waals surface area (Å²) in [6, 6.07) is -0.625. The van der Waals surface area contributed by atoms with Crippen molar-refractivity contribution in [2.24, 2.45) is 0 Å². The first-order valence-electron chi connectivity index (χ1n) is 16.2. The highest BCUT2D eigenvalue weighted by Gasteiger charge is 2.17. The Labute approximate surface area is 236 Å². The zero-order valence-electron chi connectivity index (χ0n) is 25.2. The molecule has 38 heavy (non-hydrogen) atoms. The number of amides is 1. The predicted octanol–water partition coefficient (Wildman–Crippen LogP) is 9.12. The van der Waals surface area contributed by atoms with Crippen LogP contribution in [-0.4, -0.2) is 34.9 Å². The summed E-state index contributed by atoms with van der Waals surface area (Å²) in [6.45, 7) is 4.24. The van der Waals surface area contributed by atoms with Crippen LogP contribution in [0.2, 0.25) is 0 Å². The second-order valence-electron chi connectivity index (χ2n) is 10.9. The van der Waals surface area contributed by atoms with E-state index in [0.717, 1.165) is 44.9 Å². The minimum Gasteiger partial charge on any atom is -0.394 e. The van der Waals surface area contributed by atoms with Crippen molar-refractivity contribution < 1.29 is 15.0 Å². The van der Waals surface area contributed by atoms with Gasteiger partial charge in [-0.25, -0.2) is 0 Å². The molecule has 0 aliphatic heterocycles. The first-order chi connectivity index (χ1) is 18.7. The van der Waals surface area contributed by atoms with Crippen molar-refractivity contribution in [2.45, 2.75) is 167 Å². The molecule has 1 amide bonds. The molecule has 0 fully saturated rings. The van der Waals surface area contributed by atoms with E-state index in [1.807, 2.05) is 6.08 Å². The fourth-order valence-corrected chi connectivity index (χ4v) is 4.56. The van der Waals surface area contributed by atoms with Crippen molar-refractivity contribution in [3.8, 4) is 0 Å². The van der Waals surface area contributed by atoms with Gasteiger partial charge in [0.1, 0.15) is 0 Å². The molecular formula is C34H63NO3. The number of aliphatic hydroxyl groups excluding tert-OH is 2. The maximum atomic E-state index is 12.2. The summed E-state index contributed by atoms with van der Waals surface area (Å²) in [5, 5.41) is 22.7. The second kappa shape index (κ2) is 30.2. The van der Waals surface area contributed by atoms with Gasteiger partial charge in [-0.15, -0.1) is 0 Å². The normalized spacial score (nSPS) is 13.7. The largest absolute Gasteiger partial charge is 0.394 e. The SMILES string of the molecule is CCCCC/C=C/C/C=C/CCCCCCCC(=O)N[C@@H](CO)[C@H](O)/C=C/CCCCCCCCCCC. The average molecular weight is 534 g/mol. The van der Waals surface area contributed by atoms with Crippen molar-refractivity contribution in [3.63, 3.8) is 0 Å². The Hall–Kier alpha value is -1.39. The lowest BCUT2D eigenvalue weighted by Gasteiger charge is -2.20. The lowest BCUT2D eigenvalue weighted by atomic mass is 10.1. The maximum Gasteiger partial charge on any atom is 0.220 e. The third kappa shape index (κ3) is 26.2. The van der Waals surface area contributed by atoms with Gasteiger partial charge in [0, 0.05) is 6.42 Å². The Balaban J connectivity index is 3.71. The standard InChI is InChI=1S/C34H63NO3/c1-3-5-7-9-11-13-15-16-17-18-20-22-24-26-28-30-34(38)35-32(31-36)33(37)29-27-25-23-21-19-14-12-10-8-6-4-2/h11,13,16-17,27,29,32-33,36-37H,3-10,12,14-15,18-26,28,30-31H2,1-2H3,(H,35,38)/b13-11+,17-16+,29-27+/t32-,33+/m0/s1. The summed E-state index contributed by atoms with van der Waals surface area (Å²) < 4.78 is 0. The van der Waals surface area contributed by atoms with Gasteiger partial charge in [-0.3, -0.25) is 4.79 Å². The van der Waals surface area contributed by atoms with Crippen molar-refractivity contribution >= 4 is 5.91 Å². The van der Waals surface area contributed by atoms with Crippen LogP contribution in [0.15, 0.2) is 36.5 Å². The van der Waals surface area contributed by atoms with Crippen molar-refractivity contribution in [2.75, 3.05) is 6.61 Å². The van der Waals surface area contributed by atoms with Crippen LogP contribution in [0.25, 0.3) is 0 Å². The van der Waals surface area contributed by atoms with Crippen LogP contribution in [0, 0.1) is 0 Å². The van der Waals surface area contributed by atoms with Crippen LogP contribution in [0.4, 0.5) is 0 Å². The number of nitrogens with one attached hydrogen (secondary N) is 1. The molecule has 0 bridgehead atoms. The molecule has 0 aliphatic carbocycles. The van der Waals surface area contributed by atoms with Gasteiger partial charge in [0.15, 0.2) is 0 Å². The quantitative estimate of drug-likeness (QED) is 0.0693. The summed E-state index contributed by atoms with van der Waals surface area (Å²) in [7, 11) is 0. The predicted molar refractivity (Wildman–Crippen MR) is 165 cm³/mol. The Bertz CT molecular complexity index is 584. The molecule has 0 saturated carbocycles. The van der Waals surface area contributed by atoms with E-state index >= 15 is 0 Å². The van der Waals surface area contributed by atoms with E-state index < -0.39 is 12.1 Å². The van der Waals surface area contributed by atoms with Crippen LogP contribution in [-0.2, 0) is 4.79 Å². The summed E-state index contributed by atoms with van der Waals surface area (Å²) >= 11 is 0. The number of carbonyl (C=O) groups excluding carboxylic acids is 1. The summed E-state index contributed by atoms with van der Waals surface area (Å²) in [6.07, 6.45) is 37.8. The van der Waals surface area contributed by atoms with Crippen LogP contribution < -0.4 is 5.32 Å². The van der Waals surface area contributed by atoms with Gasteiger partial charge in [-0.2, -0.15) is 0 Å². The van der Waals surface area contributed by atoms with Gasteiger partial charge in [-0.05, 0) is 51.4 Å². The third-order valence-corrected chi connectivity index (χ3v) is 7.12. The smallest absolute Gasteiger partial charge is 0.220 e. The van der Waals surface area contributed by atoms with E-state index in [1.54, 1.807) is 6.08 Å². The molecule has 0 aromatic carbocycles. The van der Waals surface area contributed by atoms with Gasteiger partial charge in [-0.1, -0.05) is 134 Å². The lowest BCUT2D eigenvalue weighted by Crippen LogP contribution is -2.45. The molecule has 222 valence electrons. The minimum absolute atomic E-state index is 0.0823. The van der Waals surface area contributed by atoms with Gasteiger partial charge < -0.3 is 15.5 Å². The summed E-state index contributed by atoms with van der Waals surface area (Å²) in [5.74, 6) is -0.0823. The molecular weight excluding hydrogens is 470 g/mol. The highest BCUT2D eigenvalue weighted by Crippen LogP contribution is 2.11. The molecule has 0 heterocycles. The Kier molecular flexibility index (Phi) is 29.1. The topological polar surface area (TPSA) is 69.6 Å². The zero-order chi connectivity index (χ0) is 27.9. The number of carbonyl (C=O) groups is 1. The zero-order valence-corrected chi connectivity index (χ0v) is 25.2. The summed E-state index contributed by atoms with van der Waals surface area (Å²) in [5.41, 5.74) is 0. The first-order valence-corrected chi connectivity index (χ1v) is 16.2. The number of allylic oxidation sites excluding steroid dienone is 5. The van der Waals surface area contributed by atoms with Crippen LogP contribution in [0.3, 0.4) is 0 Å². The molecule has 0 unspecified atom stereocenters. The van der Waals surface area contributed by atoms with Gasteiger partial charge in [0.05, 0.1) is 18.8 Å². The number of hydrogen-bond donors (Lipinski definition) is 3. The minimum atomic E-state index is -0.841. The molecule has 0 aliphatic rings. The molecule has 0 rings (SSSR count). The Morgan fingerprint density at radius 1 is 0.632 bits per heavy atom. The van der Waals surface area contributed by atoms with E-state index in [-0.39, 0.29) is 12.5 Å². The fourth-order valence-electron chi connectivity index (χ4n) is 4.56. The van der Waals surface area contributed by atoms with E-state index in [9.17, 15) is 15.0 Å². The van der Waals surface area contributed by atoms with Crippen LogP contribution in [0.5, 0.6) is 0 Å². The van der Waals surface area contributed by atoms with Gasteiger partial charge in [0.25, 0.3) is 0 Å². The van der Waals surface area contributed by atoms with Crippen molar-refractivity contribution in [1.82, 2.24) is 5.32 Å². The average Bonchev–Trinajstić information content (AvgIpc) is 2.92. The third-order valence-electron chi connectivity index (χ3n) is 7.12. The van der Waals surface area contributed by atoms with E-state index in [1.165, 1.54) is 89.9 Å². The first kappa shape index (κ1) is 36.6. The van der Waals surface area contributed by atoms with E-state index in [4.69, 9.17) is 0 Å². The molecule has 0 spiro atoms. The number of unbranched alkanes of at least 4 members (excludes halogenated alkanes) is 17. The summed E-state index contributed by atoms with van der Waals surface area (Å²) in [4.78, 5) is 12.2. The number of hydrogen-bond acceptors (Lipinski definition) is 3. The molecule has 4 nitrogen and oxygen atoms in total. The number of rotatable bonds is 28. The Morgan fingerprint density at radius 2 is 1.08 bits per heavy atom. The van der Waals surface area contributed by atoms with Crippen molar-refractivity contribution in [1.29, 1.82) is 0 Å². The van der Waals surface area contributed by atoms with Gasteiger partial charge in [0.2, 0.25) is 5.91 Å². The monoisotopic (exact) mass is 533 g/mol. The van der Waals surface area contributed by atoms with Crippen molar-refractivity contribution in [3.05, 3.63) is 36.5 Å². The van der Waals surface area contributed by atoms with E-state index in [0.29, 0.717) is 6.42 Å². The molecule has 0 aromatic heterocycles. The van der Waals surface area contributed by atoms with Crippen LogP contribution in [0.1, 0.15) is 155 Å². The molecule has 0 aromatic rings.